The molecule has 2 nitrogen and oxygen atoms in total. The van der Waals surface area contributed by atoms with Gasteiger partial charge < -0.3 is 10.4 Å². The van der Waals surface area contributed by atoms with Gasteiger partial charge in [-0.2, -0.15) is 0 Å². The first kappa shape index (κ1) is 26.8. The molecule has 2 aromatic rings. The molecule has 2 atom stereocenters. The van der Waals surface area contributed by atoms with Crippen molar-refractivity contribution >= 4 is 13.9 Å². The zero-order chi connectivity index (χ0) is 24.3. The van der Waals surface area contributed by atoms with Gasteiger partial charge in [-0.1, -0.05) is 74.2 Å². The van der Waals surface area contributed by atoms with Crippen LogP contribution in [0.5, 0.6) is 5.75 Å². The highest BCUT2D eigenvalue weighted by Crippen LogP contribution is 2.50. The fraction of sp³-hybridized carbons (Fsp3) is 0.571. The zero-order valence-electron chi connectivity index (χ0n) is 21.5. The van der Waals surface area contributed by atoms with Crippen LogP contribution < -0.4 is 10.6 Å². The number of aryl methyl sites for hydroxylation is 1. The van der Waals surface area contributed by atoms with Crippen LogP contribution >= 0.6 is 8.58 Å². The van der Waals surface area contributed by atoms with Gasteiger partial charge in [0.25, 0.3) is 0 Å². The van der Waals surface area contributed by atoms with Crippen LogP contribution in [0.25, 0.3) is 0 Å². The van der Waals surface area contributed by atoms with Crippen molar-refractivity contribution in [3.8, 4) is 5.75 Å². The Morgan fingerprint density at radius 2 is 1.66 bits per heavy atom. The molecule has 2 N–H and O–H groups in total. The Morgan fingerprint density at radius 3 is 2.22 bits per heavy atom. The Bertz CT molecular complexity index is 926. The van der Waals surface area contributed by atoms with E-state index in [1.807, 2.05) is 13.0 Å². The van der Waals surface area contributed by atoms with Crippen molar-refractivity contribution in [1.29, 1.82) is 0 Å². The number of hydrogen-bond acceptors (Lipinski definition) is 2. The molecule has 4 heteroatoms. The Kier molecular flexibility index (Phi) is 8.57. The van der Waals surface area contributed by atoms with E-state index in [2.05, 4.69) is 72.8 Å². The summed E-state index contributed by atoms with van der Waals surface area (Å²) in [6.07, 6.45) is 3.16. The van der Waals surface area contributed by atoms with Gasteiger partial charge in [-0.25, -0.2) is 4.39 Å². The van der Waals surface area contributed by atoms with Crippen molar-refractivity contribution in [2.75, 3.05) is 0 Å². The number of aromatic hydroxyl groups is 1. The van der Waals surface area contributed by atoms with Gasteiger partial charge in [0.2, 0.25) is 0 Å². The molecule has 0 saturated heterocycles. The average Bonchev–Trinajstić information content (AvgIpc) is 2.67. The van der Waals surface area contributed by atoms with E-state index >= 15 is 0 Å². The van der Waals surface area contributed by atoms with E-state index in [0.717, 1.165) is 36.0 Å². The minimum absolute atomic E-state index is 0.000345. The van der Waals surface area contributed by atoms with Gasteiger partial charge in [0.05, 0.1) is 0 Å². The van der Waals surface area contributed by atoms with Crippen molar-refractivity contribution in [3.63, 3.8) is 0 Å². The molecule has 0 aliphatic rings. The average molecular weight is 460 g/mol. The van der Waals surface area contributed by atoms with Gasteiger partial charge in [-0.15, -0.1) is 0 Å². The molecule has 0 fully saturated rings. The second kappa shape index (κ2) is 10.2. The Morgan fingerprint density at radius 1 is 1.00 bits per heavy atom. The summed E-state index contributed by atoms with van der Waals surface area (Å²) >= 11 is 0. The maximum Gasteiger partial charge on any atom is 0.123 e. The molecule has 0 amide bonds. The summed E-state index contributed by atoms with van der Waals surface area (Å²) in [5.41, 5.74) is 4.14. The lowest BCUT2D eigenvalue weighted by atomic mass is 9.82. The van der Waals surface area contributed by atoms with Crippen LogP contribution in [-0.4, -0.2) is 10.6 Å². The van der Waals surface area contributed by atoms with Crippen LogP contribution in [0.15, 0.2) is 30.3 Å². The molecule has 2 aromatic carbocycles. The molecular weight excluding hydrogens is 416 g/mol. The fourth-order valence-electron chi connectivity index (χ4n) is 3.92. The molecule has 0 heterocycles. The van der Waals surface area contributed by atoms with E-state index < -0.39 is 0 Å². The van der Waals surface area contributed by atoms with Gasteiger partial charge in [0, 0.05) is 22.8 Å². The largest absolute Gasteiger partial charge is 0.507 e. The summed E-state index contributed by atoms with van der Waals surface area (Å²) in [5.74, 6) is 0.202. The van der Waals surface area contributed by atoms with Gasteiger partial charge in [0.1, 0.15) is 11.6 Å². The molecular formula is C28H43FNOP. The van der Waals surface area contributed by atoms with E-state index in [-0.39, 0.29) is 21.9 Å². The molecule has 0 radical (unpaired) electrons. The Hall–Kier alpha value is -1.44. The van der Waals surface area contributed by atoms with E-state index in [1.54, 1.807) is 12.1 Å². The van der Waals surface area contributed by atoms with Crippen LogP contribution in [0.3, 0.4) is 0 Å². The first-order chi connectivity index (χ1) is 14.7. The van der Waals surface area contributed by atoms with E-state index in [0.29, 0.717) is 20.9 Å². The third kappa shape index (κ3) is 7.03. The molecule has 2 unspecified atom stereocenters. The lowest BCUT2D eigenvalue weighted by Crippen LogP contribution is -2.36. The monoisotopic (exact) mass is 459 g/mol. The SMILES string of the molecule is CCCCC(C)(Pc1ccc(F)cc1CNC(C)(C)C)c1cc(C(C)(C)C)cc(C)c1O. The maximum absolute atomic E-state index is 14.2. The molecule has 0 bridgehead atoms. The van der Waals surface area contributed by atoms with Crippen molar-refractivity contribution in [3.05, 3.63) is 58.4 Å². The number of unbranched alkanes of at least 4 members (excludes halogenated alkanes) is 1. The third-order valence-electron chi connectivity index (χ3n) is 6.08. The van der Waals surface area contributed by atoms with E-state index in [4.69, 9.17) is 0 Å². The van der Waals surface area contributed by atoms with Crippen molar-refractivity contribution in [2.45, 2.75) is 104 Å². The lowest BCUT2D eigenvalue weighted by Gasteiger charge is -2.34. The molecule has 0 aliphatic heterocycles. The standard InChI is InChI=1S/C28H43FNOP/c1-10-11-14-28(9,23-17-21(26(3,4)5)15-19(2)25(23)31)32-24-13-12-22(29)16-20(24)18-30-27(6,7)8/h12-13,15-17,30-32H,10-11,14,18H2,1-9H3. The molecule has 0 aromatic heterocycles. The summed E-state index contributed by atoms with van der Waals surface area (Å²) in [6, 6.07) is 9.49. The number of phenols is 1. The fourth-order valence-corrected chi connectivity index (χ4v) is 5.63. The zero-order valence-corrected chi connectivity index (χ0v) is 22.5. The minimum atomic E-state index is -0.222. The van der Waals surface area contributed by atoms with E-state index in [9.17, 15) is 9.50 Å². The predicted octanol–water partition coefficient (Wildman–Crippen LogP) is 7.43. The summed E-state index contributed by atoms with van der Waals surface area (Å²) < 4.78 is 14.2. The Labute approximate surface area is 197 Å². The van der Waals surface area contributed by atoms with Gasteiger partial charge in [-0.3, -0.25) is 0 Å². The molecule has 0 aliphatic carbocycles. The third-order valence-corrected chi connectivity index (χ3v) is 7.91. The summed E-state index contributed by atoms with van der Waals surface area (Å²) in [5, 5.41) is 15.6. The molecule has 0 spiro atoms. The van der Waals surface area contributed by atoms with Crippen molar-refractivity contribution < 1.29 is 9.50 Å². The van der Waals surface area contributed by atoms with Crippen LogP contribution in [0.4, 0.5) is 4.39 Å². The first-order valence-electron chi connectivity index (χ1n) is 11.8. The van der Waals surface area contributed by atoms with Crippen LogP contribution in [0.2, 0.25) is 0 Å². The summed E-state index contributed by atoms with van der Waals surface area (Å²) in [7, 11) is 0.430. The van der Waals surface area contributed by atoms with E-state index in [1.165, 1.54) is 10.9 Å². The topological polar surface area (TPSA) is 32.3 Å². The second-order valence-electron chi connectivity index (χ2n) is 11.4. The highest BCUT2D eigenvalue weighted by molar-refractivity contribution is 7.48. The number of halogens is 1. The van der Waals surface area contributed by atoms with Crippen LogP contribution in [0.1, 0.15) is 96.9 Å². The number of benzene rings is 2. The second-order valence-corrected chi connectivity index (χ2v) is 13.3. The van der Waals surface area contributed by atoms with Crippen molar-refractivity contribution in [1.82, 2.24) is 5.32 Å². The molecule has 0 saturated carbocycles. The smallest absolute Gasteiger partial charge is 0.123 e. The Balaban J connectivity index is 2.57. The molecule has 32 heavy (non-hydrogen) atoms. The van der Waals surface area contributed by atoms with Crippen LogP contribution in [0, 0.1) is 12.7 Å². The lowest BCUT2D eigenvalue weighted by molar-refractivity contribution is 0.424. The van der Waals surface area contributed by atoms with Gasteiger partial charge in [0.15, 0.2) is 0 Å². The number of rotatable bonds is 8. The number of phenolic OH excluding ortho intramolecular Hbond substituents is 1. The molecule has 2 rings (SSSR count). The quantitative estimate of drug-likeness (QED) is 0.402. The first-order valence-corrected chi connectivity index (χ1v) is 12.8. The van der Waals surface area contributed by atoms with Gasteiger partial charge in [-0.05, 0) is 73.7 Å². The maximum atomic E-state index is 14.2. The number of hydrogen-bond donors (Lipinski definition) is 2. The molecule has 178 valence electrons. The summed E-state index contributed by atoms with van der Waals surface area (Å²) in [6.45, 7) is 20.1. The predicted molar refractivity (Wildman–Crippen MR) is 139 cm³/mol. The minimum Gasteiger partial charge on any atom is -0.507 e. The van der Waals surface area contributed by atoms with Crippen molar-refractivity contribution in [2.24, 2.45) is 0 Å². The number of nitrogens with one attached hydrogen (secondary N) is 1. The normalized spacial score (nSPS) is 14.8. The highest BCUT2D eigenvalue weighted by atomic mass is 31.1. The summed E-state index contributed by atoms with van der Waals surface area (Å²) in [4.78, 5) is 0. The van der Waals surface area contributed by atoms with Crippen LogP contribution in [-0.2, 0) is 17.1 Å². The highest BCUT2D eigenvalue weighted by Gasteiger charge is 2.32. The van der Waals surface area contributed by atoms with Gasteiger partial charge >= 0.3 is 0 Å².